The van der Waals surface area contributed by atoms with E-state index in [1.807, 2.05) is 0 Å². The van der Waals surface area contributed by atoms with Gasteiger partial charge in [-0.2, -0.15) is 0 Å². The minimum absolute atomic E-state index is 0.354. The molecule has 3 heteroatoms. The van der Waals surface area contributed by atoms with Crippen LogP contribution in [0.1, 0.15) is 12.5 Å². The molecule has 0 aliphatic carbocycles. The van der Waals surface area contributed by atoms with Crippen LogP contribution in [0.25, 0.3) is 21.5 Å². The van der Waals surface area contributed by atoms with Crippen molar-refractivity contribution in [2.24, 2.45) is 0 Å². The van der Waals surface area contributed by atoms with Gasteiger partial charge in [-0.25, -0.2) is 4.79 Å². The molecule has 0 atom stereocenters. The highest BCUT2D eigenvalue weighted by molar-refractivity contribution is 6.08. The van der Waals surface area contributed by atoms with Crippen LogP contribution in [0.5, 0.6) is 0 Å². The summed E-state index contributed by atoms with van der Waals surface area (Å²) in [7, 11) is 0. The van der Waals surface area contributed by atoms with E-state index < -0.39 is 0 Å². The van der Waals surface area contributed by atoms with Crippen LogP contribution in [0.3, 0.4) is 0 Å². The summed E-state index contributed by atoms with van der Waals surface area (Å²) in [4.78, 5) is 11.3. The number of benzene rings is 3. The molecule has 0 aliphatic heterocycles. The zero-order valence-corrected chi connectivity index (χ0v) is 12.6. The lowest BCUT2D eigenvalue weighted by atomic mass is 9.97. The summed E-state index contributed by atoms with van der Waals surface area (Å²) in [5.41, 5.74) is 1.24. The van der Waals surface area contributed by atoms with Gasteiger partial charge in [-0.1, -0.05) is 54.6 Å². The van der Waals surface area contributed by atoms with E-state index in [0.29, 0.717) is 13.2 Å². The molecule has 0 aliphatic rings. The molecule has 0 saturated carbocycles. The molecule has 0 aromatic heterocycles. The molecular weight excluding hydrogens is 274 g/mol. The lowest BCUT2D eigenvalue weighted by Gasteiger charge is -2.10. The number of fused-ring (bicyclic) bond motifs is 3. The van der Waals surface area contributed by atoms with Gasteiger partial charge in [0.05, 0.1) is 6.61 Å². The first kappa shape index (κ1) is 14.4. The molecule has 0 heterocycles. The molecular formula is C19H19NO2. The van der Waals surface area contributed by atoms with E-state index in [4.69, 9.17) is 4.74 Å². The van der Waals surface area contributed by atoms with Crippen molar-refractivity contribution in [1.82, 2.24) is 5.32 Å². The second kappa shape index (κ2) is 6.48. The van der Waals surface area contributed by atoms with Crippen LogP contribution in [0.15, 0.2) is 54.6 Å². The Hall–Kier alpha value is -2.55. The number of ether oxygens (including phenoxy) is 1. The fourth-order valence-corrected chi connectivity index (χ4v) is 2.80. The van der Waals surface area contributed by atoms with Crippen molar-refractivity contribution in [3.63, 3.8) is 0 Å². The molecule has 3 aromatic carbocycles. The van der Waals surface area contributed by atoms with Crippen molar-refractivity contribution in [1.29, 1.82) is 0 Å². The molecule has 3 rings (SSSR count). The van der Waals surface area contributed by atoms with E-state index >= 15 is 0 Å². The smallest absolute Gasteiger partial charge is 0.407 e. The van der Waals surface area contributed by atoms with Crippen molar-refractivity contribution in [2.45, 2.75) is 13.3 Å². The van der Waals surface area contributed by atoms with Crippen LogP contribution in [0, 0.1) is 0 Å². The first-order valence-electron chi connectivity index (χ1n) is 7.59. The number of nitrogens with one attached hydrogen (secondary N) is 1. The normalized spacial score (nSPS) is 10.8. The Bertz CT molecular complexity index is 811. The molecule has 1 N–H and O–H groups in total. The summed E-state index contributed by atoms with van der Waals surface area (Å²) in [6.07, 6.45) is 0.433. The van der Waals surface area contributed by atoms with Gasteiger partial charge in [0.1, 0.15) is 0 Å². The second-order valence-corrected chi connectivity index (χ2v) is 5.20. The SMILES string of the molecule is CCOC(=O)NCCc1cccc2c1ccc1ccccc12. The number of rotatable bonds is 4. The third kappa shape index (κ3) is 2.89. The predicted molar refractivity (Wildman–Crippen MR) is 90.2 cm³/mol. The molecule has 0 spiro atoms. The van der Waals surface area contributed by atoms with Crippen LogP contribution < -0.4 is 5.32 Å². The topological polar surface area (TPSA) is 38.3 Å². The van der Waals surface area contributed by atoms with Crippen LogP contribution in [0.4, 0.5) is 4.79 Å². The minimum Gasteiger partial charge on any atom is -0.450 e. The van der Waals surface area contributed by atoms with E-state index in [-0.39, 0.29) is 6.09 Å². The molecule has 112 valence electrons. The summed E-state index contributed by atoms with van der Waals surface area (Å²) < 4.78 is 4.87. The predicted octanol–water partition coefficient (Wildman–Crippen LogP) is 4.28. The Kier molecular flexibility index (Phi) is 4.24. The maximum Gasteiger partial charge on any atom is 0.407 e. The van der Waals surface area contributed by atoms with E-state index in [0.717, 1.165) is 6.42 Å². The number of carbonyl (C=O) groups is 1. The molecule has 22 heavy (non-hydrogen) atoms. The summed E-state index contributed by atoms with van der Waals surface area (Å²) in [5.74, 6) is 0. The Morgan fingerprint density at radius 3 is 2.64 bits per heavy atom. The monoisotopic (exact) mass is 293 g/mol. The Morgan fingerprint density at radius 1 is 0.955 bits per heavy atom. The van der Waals surface area contributed by atoms with Gasteiger partial charge in [0, 0.05) is 6.54 Å². The van der Waals surface area contributed by atoms with Gasteiger partial charge in [0.2, 0.25) is 0 Å². The van der Waals surface area contributed by atoms with Crippen molar-refractivity contribution in [2.75, 3.05) is 13.2 Å². The first-order valence-corrected chi connectivity index (χ1v) is 7.59. The maximum atomic E-state index is 11.3. The van der Waals surface area contributed by atoms with Gasteiger partial charge in [-0.3, -0.25) is 0 Å². The zero-order valence-electron chi connectivity index (χ0n) is 12.6. The van der Waals surface area contributed by atoms with Gasteiger partial charge < -0.3 is 10.1 Å². The van der Waals surface area contributed by atoms with E-state index in [9.17, 15) is 4.79 Å². The minimum atomic E-state index is -0.354. The number of amides is 1. The van der Waals surface area contributed by atoms with Gasteiger partial charge in [-0.05, 0) is 40.5 Å². The quantitative estimate of drug-likeness (QED) is 0.729. The third-order valence-corrected chi connectivity index (χ3v) is 3.82. The Balaban J connectivity index is 1.87. The number of carbonyl (C=O) groups excluding carboxylic acids is 1. The van der Waals surface area contributed by atoms with Crippen LogP contribution >= 0.6 is 0 Å². The second-order valence-electron chi connectivity index (χ2n) is 5.20. The fourth-order valence-electron chi connectivity index (χ4n) is 2.80. The zero-order chi connectivity index (χ0) is 15.4. The highest BCUT2D eigenvalue weighted by Gasteiger charge is 2.05. The average molecular weight is 293 g/mol. The molecule has 3 nitrogen and oxygen atoms in total. The van der Waals surface area contributed by atoms with E-state index in [1.165, 1.54) is 27.1 Å². The van der Waals surface area contributed by atoms with Crippen molar-refractivity contribution in [3.05, 3.63) is 60.2 Å². The lowest BCUT2D eigenvalue weighted by molar-refractivity contribution is 0.152. The van der Waals surface area contributed by atoms with Crippen LogP contribution in [-0.2, 0) is 11.2 Å². The number of hydrogen-bond acceptors (Lipinski definition) is 2. The van der Waals surface area contributed by atoms with Crippen molar-refractivity contribution >= 4 is 27.6 Å². The van der Waals surface area contributed by atoms with Gasteiger partial charge in [0.25, 0.3) is 0 Å². The molecule has 0 bridgehead atoms. The first-order chi connectivity index (χ1) is 10.8. The number of alkyl carbamates (subject to hydrolysis) is 1. The maximum absolute atomic E-state index is 11.3. The molecule has 3 aromatic rings. The molecule has 0 fully saturated rings. The van der Waals surface area contributed by atoms with Gasteiger partial charge in [-0.15, -0.1) is 0 Å². The van der Waals surface area contributed by atoms with Crippen LogP contribution in [-0.4, -0.2) is 19.2 Å². The van der Waals surface area contributed by atoms with E-state index in [1.54, 1.807) is 6.92 Å². The Morgan fingerprint density at radius 2 is 1.77 bits per heavy atom. The van der Waals surface area contributed by atoms with Crippen molar-refractivity contribution < 1.29 is 9.53 Å². The highest BCUT2D eigenvalue weighted by Crippen LogP contribution is 2.27. The summed E-state index contributed by atoms with van der Waals surface area (Å²) in [6.45, 7) is 2.77. The number of hydrogen-bond donors (Lipinski definition) is 1. The molecule has 0 saturated heterocycles. The standard InChI is InChI=1S/C19H19NO2/c1-2-22-19(21)20-13-12-15-7-5-9-18-16-8-4-3-6-14(16)10-11-17(15)18/h3-11H,2,12-13H2,1H3,(H,20,21). The lowest BCUT2D eigenvalue weighted by Crippen LogP contribution is -2.26. The van der Waals surface area contributed by atoms with E-state index in [2.05, 4.69) is 59.9 Å². The fraction of sp³-hybridized carbons (Fsp3) is 0.211. The van der Waals surface area contributed by atoms with Crippen molar-refractivity contribution in [3.8, 4) is 0 Å². The molecule has 0 unspecified atom stereocenters. The highest BCUT2D eigenvalue weighted by atomic mass is 16.5. The third-order valence-electron chi connectivity index (χ3n) is 3.82. The Labute approximate surface area is 129 Å². The summed E-state index contributed by atoms with van der Waals surface area (Å²) in [5, 5.41) is 7.78. The molecule has 1 amide bonds. The van der Waals surface area contributed by atoms with Crippen LogP contribution in [0.2, 0.25) is 0 Å². The summed E-state index contributed by atoms with van der Waals surface area (Å²) >= 11 is 0. The van der Waals surface area contributed by atoms with Gasteiger partial charge in [0.15, 0.2) is 0 Å². The largest absolute Gasteiger partial charge is 0.450 e. The van der Waals surface area contributed by atoms with Gasteiger partial charge >= 0.3 is 6.09 Å². The molecule has 0 radical (unpaired) electrons. The summed E-state index contributed by atoms with van der Waals surface area (Å²) in [6, 6.07) is 19.1. The average Bonchev–Trinajstić information content (AvgIpc) is 2.55.